The second kappa shape index (κ2) is 6.24. The van der Waals surface area contributed by atoms with Gasteiger partial charge < -0.3 is 14.2 Å². The molecular weight excluding hydrogens is 312 g/mol. The fraction of sp³-hybridized carbons (Fsp3) is 0.300. The van der Waals surface area contributed by atoms with Gasteiger partial charge in [0.15, 0.2) is 0 Å². The van der Waals surface area contributed by atoms with Crippen molar-refractivity contribution in [3.05, 3.63) is 65.6 Å². The van der Waals surface area contributed by atoms with Gasteiger partial charge in [0.05, 0.1) is 0 Å². The van der Waals surface area contributed by atoms with E-state index in [1.165, 1.54) is 11.3 Å². The molecule has 3 heterocycles. The SMILES string of the molecule is Cc1cccc(N2CCN(C(=O)c3cn4cccc(C)c4n3)CC2)c1. The summed E-state index contributed by atoms with van der Waals surface area (Å²) in [6.07, 6.45) is 3.76. The Morgan fingerprint density at radius 2 is 1.84 bits per heavy atom. The number of benzene rings is 1. The first-order valence-corrected chi connectivity index (χ1v) is 8.67. The number of piperazine rings is 1. The molecule has 1 amide bonds. The predicted molar refractivity (Wildman–Crippen MR) is 99.2 cm³/mol. The number of aromatic nitrogens is 2. The lowest BCUT2D eigenvalue weighted by Crippen LogP contribution is -2.48. The summed E-state index contributed by atoms with van der Waals surface area (Å²) in [4.78, 5) is 21.6. The Morgan fingerprint density at radius 1 is 1.04 bits per heavy atom. The summed E-state index contributed by atoms with van der Waals surface area (Å²) >= 11 is 0. The molecule has 0 N–H and O–H groups in total. The first kappa shape index (κ1) is 15.7. The number of carbonyl (C=O) groups is 1. The molecule has 0 atom stereocenters. The van der Waals surface area contributed by atoms with Crippen molar-refractivity contribution in [3.8, 4) is 0 Å². The molecule has 128 valence electrons. The van der Waals surface area contributed by atoms with Crippen molar-refractivity contribution in [2.45, 2.75) is 13.8 Å². The number of nitrogens with zero attached hydrogens (tertiary/aromatic N) is 4. The minimum atomic E-state index is 0.0204. The van der Waals surface area contributed by atoms with Crippen molar-refractivity contribution in [2.24, 2.45) is 0 Å². The minimum absolute atomic E-state index is 0.0204. The van der Waals surface area contributed by atoms with E-state index in [1.807, 2.05) is 40.8 Å². The van der Waals surface area contributed by atoms with Crippen LogP contribution in [0.4, 0.5) is 5.69 Å². The van der Waals surface area contributed by atoms with Gasteiger partial charge in [-0.2, -0.15) is 0 Å². The van der Waals surface area contributed by atoms with E-state index in [-0.39, 0.29) is 5.91 Å². The zero-order valence-electron chi connectivity index (χ0n) is 14.6. The zero-order valence-corrected chi connectivity index (χ0v) is 14.6. The molecule has 0 saturated carbocycles. The average Bonchev–Trinajstić information content (AvgIpc) is 3.07. The molecule has 0 unspecified atom stereocenters. The highest BCUT2D eigenvalue weighted by atomic mass is 16.2. The number of anilines is 1. The van der Waals surface area contributed by atoms with Gasteiger partial charge in [0.25, 0.3) is 5.91 Å². The Labute approximate surface area is 147 Å². The van der Waals surface area contributed by atoms with Crippen LogP contribution in [0, 0.1) is 13.8 Å². The number of hydrogen-bond donors (Lipinski definition) is 0. The molecule has 0 spiro atoms. The molecule has 1 aromatic carbocycles. The molecule has 0 radical (unpaired) electrons. The van der Waals surface area contributed by atoms with Gasteiger partial charge in [-0.3, -0.25) is 4.79 Å². The standard InChI is InChI=1S/C20H22N4O/c1-15-5-3-7-17(13-15)22-9-11-23(12-10-22)20(25)18-14-24-8-4-6-16(2)19(24)21-18/h3-8,13-14H,9-12H2,1-2H3. The Morgan fingerprint density at radius 3 is 2.56 bits per heavy atom. The van der Waals surface area contributed by atoms with Gasteiger partial charge >= 0.3 is 0 Å². The normalized spacial score (nSPS) is 15.0. The van der Waals surface area contributed by atoms with Crippen LogP contribution in [0.2, 0.25) is 0 Å². The number of aryl methyl sites for hydroxylation is 2. The van der Waals surface area contributed by atoms with Crippen LogP contribution in [-0.4, -0.2) is 46.4 Å². The lowest BCUT2D eigenvalue weighted by molar-refractivity contribution is 0.0741. The smallest absolute Gasteiger partial charge is 0.274 e. The number of fused-ring (bicyclic) bond motifs is 1. The molecule has 5 nitrogen and oxygen atoms in total. The van der Waals surface area contributed by atoms with Gasteiger partial charge in [0.2, 0.25) is 0 Å². The fourth-order valence-electron chi connectivity index (χ4n) is 3.41. The lowest BCUT2D eigenvalue weighted by atomic mass is 10.2. The van der Waals surface area contributed by atoms with Crippen molar-refractivity contribution in [1.82, 2.24) is 14.3 Å². The van der Waals surface area contributed by atoms with E-state index in [0.717, 1.165) is 37.4 Å². The van der Waals surface area contributed by atoms with E-state index in [9.17, 15) is 4.79 Å². The molecule has 5 heteroatoms. The fourth-order valence-corrected chi connectivity index (χ4v) is 3.41. The van der Waals surface area contributed by atoms with E-state index in [4.69, 9.17) is 0 Å². The van der Waals surface area contributed by atoms with Crippen LogP contribution in [0.25, 0.3) is 5.65 Å². The summed E-state index contributed by atoms with van der Waals surface area (Å²) in [5.41, 5.74) is 4.94. The topological polar surface area (TPSA) is 40.9 Å². The number of hydrogen-bond acceptors (Lipinski definition) is 3. The quantitative estimate of drug-likeness (QED) is 0.723. The molecule has 1 aliphatic heterocycles. The third-order valence-electron chi connectivity index (χ3n) is 4.83. The van der Waals surface area contributed by atoms with Crippen LogP contribution >= 0.6 is 0 Å². The summed E-state index contributed by atoms with van der Waals surface area (Å²) in [5, 5.41) is 0. The first-order chi connectivity index (χ1) is 12.1. The van der Waals surface area contributed by atoms with Gasteiger partial charge in [-0.05, 0) is 43.2 Å². The second-order valence-electron chi connectivity index (χ2n) is 6.67. The van der Waals surface area contributed by atoms with Crippen LogP contribution in [0.1, 0.15) is 21.6 Å². The number of amides is 1. The third-order valence-corrected chi connectivity index (χ3v) is 4.83. The van der Waals surface area contributed by atoms with Crippen LogP contribution in [-0.2, 0) is 0 Å². The molecule has 0 bridgehead atoms. The van der Waals surface area contributed by atoms with E-state index in [2.05, 4.69) is 41.1 Å². The summed E-state index contributed by atoms with van der Waals surface area (Å²) in [7, 11) is 0. The maximum atomic E-state index is 12.8. The van der Waals surface area contributed by atoms with Crippen LogP contribution in [0.5, 0.6) is 0 Å². The lowest BCUT2D eigenvalue weighted by Gasteiger charge is -2.36. The maximum Gasteiger partial charge on any atom is 0.274 e. The summed E-state index contributed by atoms with van der Waals surface area (Å²) < 4.78 is 1.92. The van der Waals surface area contributed by atoms with Gasteiger partial charge in [-0.25, -0.2) is 4.98 Å². The number of carbonyl (C=O) groups excluding carboxylic acids is 1. The molecule has 1 fully saturated rings. The van der Waals surface area contributed by atoms with Crippen molar-refractivity contribution in [1.29, 1.82) is 0 Å². The molecule has 4 rings (SSSR count). The second-order valence-corrected chi connectivity index (χ2v) is 6.67. The Bertz CT molecular complexity index is 922. The maximum absolute atomic E-state index is 12.8. The summed E-state index contributed by atoms with van der Waals surface area (Å²) in [5.74, 6) is 0.0204. The number of rotatable bonds is 2. The largest absolute Gasteiger partial charge is 0.368 e. The van der Waals surface area contributed by atoms with Gasteiger partial charge in [-0.15, -0.1) is 0 Å². The molecule has 1 aliphatic rings. The van der Waals surface area contributed by atoms with Crippen molar-refractivity contribution < 1.29 is 4.79 Å². The Hall–Kier alpha value is -2.82. The number of imidazole rings is 1. The van der Waals surface area contributed by atoms with Gasteiger partial charge in [0, 0.05) is 44.3 Å². The molecule has 2 aromatic heterocycles. The monoisotopic (exact) mass is 334 g/mol. The average molecular weight is 334 g/mol. The highest BCUT2D eigenvalue weighted by Gasteiger charge is 2.24. The van der Waals surface area contributed by atoms with Gasteiger partial charge in [-0.1, -0.05) is 18.2 Å². The summed E-state index contributed by atoms with van der Waals surface area (Å²) in [6.45, 7) is 7.26. The minimum Gasteiger partial charge on any atom is -0.368 e. The van der Waals surface area contributed by atoms with E-state index >= 15 is 0 Å². The van der Waals surface area contributed by atoms with Crippen LogP contribution in [0.15, 0.2) is 48.8 Å². The molecule has 25 heavy (non-hydrogen) atoms. The third kappa shape index (κ3) is 2.97. The summed E-state index contributed by atoms with van der Waals surface area (Å²) in [6, 6.07) is 12.5. The van der Waals surface area contributed by atoms with Crippen molar-refractivity contribution in [3.63, 3.8) is 0 Å². The zero-order chi connectivity index (χ0) is 17.4. The molecule has 3 aromatic rings. The highest BCUT2D eigenvalue weighted by molar-refractivity contribution is 5.93. The van der Waals surface area contributed by atoms with Gasteiger partial charge in [0.1, 0.15) is 11.3 Å². The van der Waals surface area contributed by atoms with Crippen molar-refractivity contribution >= 4 is 17.2 Å². The highest BCUT2D eigenvalue weighted by Crippen LogP contribution is 2.19. The molecular formula is C20H22N4O. The van der Waals surface area contributed by atoms with E-state index in [0.29, 0.717) is 5.69 Å². The molecule has 1 saturated heterocycles. The molecule has 0 aliphatic carbocycles. The van der Waals surface area contributed by atoms with Crippen molar-refractivity contribution in [2.75, 3.05) is 31.1 Å². The first-order valence-electron chi connectivity index (χ1n) is 8.67. The Kier molecular flexibility index (Phi) is 3.92. The predicted octanol–water partition coefficient (Wildman–Crippen LogP) is 2.91. The number of pyridine rings is 1. The van der Waals surface area contributed by atoms with E-state index in [1.54, 1.807) is 0 Å². The Balaban J connectivity index is 1.48. The van der Waals surface area contributed by atoms with E-state index < -0.39 is 0 Å². The van der Waals surface area contributed by atoms with Crippen LogP contribution in [0.3, 0.4) is 0 Å². The van der Waals surface area contributed by atoms with Crippen LogP contribution < -0.4 is 4.90 Å².